The van der Waals surface area contributed by atoms with Crippen LogP contribution in [0.25, 0.3) is 5.69 Å². The predicted molar refractivity (Wildman–Crippen MR) is 102 cm³/mol. The van der Waals surface area contributed by atoms with Gasteiger partial charge in [-0.1, -0.05) is 13.8 Å². The van der Waals surface area contributed by atoms with Crippen LogP contribution in [0.2, 0.25) is 0 Å². The normalized spacial score (nSPS) is 16.0. The zero-order valence-corrected chi connectivity index (χ0v) is 16.4. The Kier molecular flexibility index (Phi) is 6.23. The van der Waals surface area contributed by atoms with Crippen LogP contribution >= 0.6 is 0 Å². The van der Waals surface area contributed by atoms with Crippen molar-refractivity contribution in [3.8, 4) is 5.69 Å². The molecular formula is C20H28N4O3. The molecule has 27 heavy (non-hydrogen) atoms. The van der Waals surface area contributed by atoms with E-state index in [4.69, 9.17) is 9.47 Å². The Morgan fingerprint density at radius 3 is 2.78 bits per heavy atom. The van der Waals surface area contributed by atoms with Crippen molar-refractivity contribution < 1.29 is 14.3 Å². The summed E-state index contributed by atoms with van der Waals surface area (Å²) in [5, 5.41) is 4.57. The Bertz CT molecular complexity index is 758. The van der Waals surface area contributed by atoms with E-state index in [0.717, 1.165) is 29.8 Å². The van der Waals surface area contributed by atoms with E-state index in [2.05, 4.69) is 23.9 Å². The van der Waals surface area contributed by atoms with E-state index in [1.54, 1.807) is 19.5 Å². The Morgan fingerprint density at radius 1 is 1.26 bits per heavy atom. The zero-order valence-electron chi connectivity index (χ0n) is 16.4. The topological polar surface area (TPSA) is 69.5 Å². The Labute approximate surface area is 160 Å². The molecule has 146 valence electrons. The number of hydrogen-bond donors (Lipinski definition) is 0. The standard InChI is InChI=1S/C20H28N4O3/c1-20(2)11-18-16(12-22-24(18)17-5-7-21-8-6-17)13-23(15-20)19(25)14-27-10-4-9-26-3/h5-8,12H,4,9-11,13-15H2,1-3H3. The number of rotatable bonds is 7. The lowest BCUT2D eigenvalue weighted by atomic mass is 9.87. The molecule has 1 amide bonds. The maximum absolute atomic E-state index is 12.7. The lowest BCUT2D eigenvalue weighted by molar-refractivity contribution is -0.138. The predicted octanol–water partition coefficient (Wildman–Crippen LogP) is 2.23. The van der Waals surface area contributed by atoms with Gasteiger partial charge in [0, 0.05) is 57.1 Å². The average Bonchev–Trinajstić information content (AvgIpc) is 2.96. The summed E-state index contributed by atoms with van der Waals surface area (Å²) >= 11 is 0. The Balaban J connectivity index is 1.74. The average molecular weight is 372 g/mol. The summed E-state index contributed by atoms with van der Waals surface area (Å²) in [6.45, 7) is 6.90. The molecule has 2 aromatic rings. The maximum atomic E-state index is 12.7. The minimum absolute atomic E-state index is 0.0185. The monoisotopic (exact) mass is 372 g/mol. The van der Waals surface area contributed by atoms with Crippen LogP contribution in [0.5, 0.6) is 0 Å². The van der Waals surface area contributed by atoms with Gasteiger partial charge in [-0.25, -0.2) is 4.68 Å². The maximum Gasteiger partial charge on any atom is 0.248 e. The minimum Gasteiger partial charge on any atom is -0.385 e. The molecule has 7 heteroatoms. The second kappa shape index (κ2) is 8.63. The molecule has 0 saturated carbocycles. The van der Waals surface area contributed by atoms with Gasteiger partial charge in [0.1, 0.15) is 6.61 Å². The van der Waals surface area contributed by atoms with E-state index < -0.39 is 0 Å². The summed E-state index contributed by atoms with van der Waals surface area (Å²) in [5.74, 6) is 0.0185. The molecule has 7 nitrogen and oxygen atoms in total. The number of nitrogens with zero attached hydrogens (tertiary/aromatic N) is 4. The number of pyridine rings is 1. The molecule has 0 aromatic carbocycles. The highest BCUT2D eigenvalue weighted by Crippen LogP contribution is 2.31. The van der Waals surface area contributed by atoms with Crippen LogP contribution in [-0.4, -0.2) is 59.0 Å². The fraction of sp³-hybridized carbons (Fsp3) is 0.550. The number of ether oxygens (including phenoxy) is 2. The van der Waals surface area contributed by atoms with Crippen LogP contribution in [-0.2, 0) is 27.2 Å². The number of aromatic nitrogens is 3. The smallest absolute Gasteiger partial charge is 0.248 e. The summed E-state index contributed by atoms with van der Waals surface area (Å²) < 4.78 is 12.5. The molecule has 2 aromatic heterocycles. The van der Waals surface area contributed by atoms with Gasteiger partial charge >= 0.3 is 0 Å². The molecule has 0 spiro atoms. The first-order valence-corrected chi connectivity index (χ1v) is 9.31. The van der Waals surface area contributed by atoms with E-state index in [0.29, 0.717) is 26.3 Å². The Hall–Kier alpha value is -2.25. The second-order valence-electron chi connectivity index (χ2n) is 7.72. The van der Waals surface area contributed by atoms with Crippen LogP contribution in [0.15, 0.2) is 30.7 Å². The molecule has 1 aliphatic rings. The summed E-state index contributed by atoms with van der Waals surface area (Å²) in [6.07, 6.45) is 7.04. The summed E-state index contributed by atoms with van der Waals surface area (Å²) in [6, 6.07) is 3.89. The van der Waals surface area contributed by atoms with E-state index >= 15 is 0 Å². The highest BCUT2D eigenvalue weighted by molar-refractivity contribution is 5.77. The van der Waals surface area contributed by atoms with Gasteiger partial charge in [0.2, 0.25) is 5.91 Å². The SMILES string of the molecule is COCCCOCC(=O)N1Cc2cnn(-c3ccncc3)c2CC(C)(C)C1. The molecule has 0 aliphatic carbocycles. The van der Waals surface area contributed by atoms with E-state index in [-0.39, 0.29) is 17.9 Å². The first kappa shape index (κ1) is 19.5. The van der Waals surface area contributed by atoms with E-state index in [9.17, 15) is 4.79 Å². The van der Waals surface area contributed by atoms with E-state index in [1.807, 2.05) is 27.9 Å². The van der Waals surface area contributed by atoms with Crippen LogP contribution in [0.3, 0.4) is 0 Å². The second-order valence-corrected chi connectivity index (χ2v) is 7.72. The van der Waals surface area contributed by atoms with Crippen LogP contribution in [0, 0.1) is 5.41 Å². The largest absolute Gasteiger partial charge is 0.385 e. The molecule has 0 bridgehead atoms. The van der Waals surface area contributed by atoms with Crippen molar-refractivity contribution >= 4 is 5.91 Å². The molecule has 0 atom stereocenters. The van der Waals surface area contributed by atoms with Gasteiger partial charge in [-0.05, 0) is 30.4 Å². The molecule has 0 fully saturated rings. The van der Waals surface area contributed by atoms with Gasteiger partial charge in [-0.2, -0.15) is 5.10 Å². The molecule has 3 rings (SSSR count). The molecule has 0 saturated heterocycles. The molecule has 0 radical (unpaired) electrons. The number of carbonyl (C=O) groups is 1. The summed E-state index contributed by atoms with van der Waals surface area (Å²) in [4.78, 5) is 18.7. The van der Waals surface area contributed by atoms with Crippen molar-refractivity contribution in [3.63, 3.8) is 0 Å². The third-order valence-electron chi connectivity index (χ3n) is 4.70. The number of hydrogen-bond acceptors (Lipinski definition) is 5. The van der Waals surface area contributed by atoms with Gasteiger partial charge in [-0.3, -0.25) is 9.78 Å². The van der Waals surface area contributed by atoms with Gasteiger partial charge in [0.05, 0.1) is 11.9 Å². The van der Waals surface area contributed by atoms with Crippen molar-refractivity contribution in [1.82, 2.24) is 19.7 Å². The third kappa shape index (κ3) is 4.93. The number of methoxy groups -OCH3 is 1. The van der Waals surface area contributed by atoms with Crippen molar-refractivity contribution in [2.45, 2.75) is 33.2 Å². The quantitative estimate of drug-likeness (QED) is 0.697. The number of carbonyl (C=O) groups excluding carboxylic acids is 1. The minimum atomic E-state index is -0.0538. The van der Waals surface area contributed by atoms with Crippen LogP contribution in [0.1, 0.15) is 31.5 Å². The summed E-state index contributed by atoms with van der Waals surface area (Å²) in [7, 11) is 1.66. The van der Waals surface area contributed by atoms with Crippen LogP contribution < -0.4 is 0 Å². The fourth-order valence-electron chi connectivity index (χ4n) is 3.46. The highest BCUT2D eigenvalue weighted by Gasteiger charge is 2.32. The number of amides is 1. The third-order valence-corrected chi connectivity index (χ3v) is 4.70. The lowest BCUT2D eigenvalue weighted by Crippen LogP contribution is -2.39. The van der Waals surface area contributed by atoms with Crippen molar-refractivity contribution in [1.29, 1.82) is 0 Å². The van der Waals surface area contributed by atoms with Crippen molar-refractivity contribution in [2.75, 3.05) is 33.5 Å². The first-order chi connectivity index (χ1) is 13.0. The number of fused-ring (bicyclic) bond motifs is 1. The van der Waals surface area contributed by atoms with Crippen molar-refractivity contribution in [3.05, 3.63) is 42.0 Å². The molecule has 0 N–H and O–H groups in total. The summed E-state index contributed by atoms with van der Waals surface area (Å²) in [5.41, 5.74) is 3.18. The first-order valence-electron chi connectivity index (χ1n) is 9.31. The molecule has 0 unspecified atom stereocenters. The lowest BCUT2D eigenvalue weighted by Gasteiger charge is -2.29. The fourth-order valence-corrected chi connectivity index (χ4v) is 3.46. The molecular weight excluding hydrogens is 344 g/mol. The van der Waals surface area contributed by atoms with Gasteiger partial charge in [0.25, 0.3) is 0 Å². The Morgan fingerprint density at radius 2 is 2.04 bits per heavy atom. The van der Waals surface area contributed by atoms with Crippen molar-refractivity contribution in [2.24, 2.45) is 5.41 Å². The highest BCUT2D eigenvalue weighted by atomic mass is 16.5. The molecule has 1 aliphatic heterocycles. The van der Waals surface area contributed by atoms with Gasteiger partial charge in [-0.15, -0.1) is 0 Å². The van der Waals surface area contributed by atoms with E-state index in [1.165, 1.54) is 0 Å². The molecule has 3 heterocycles. The van der Waals surface area contributed by atoms with Gasteiger partial charge in [0.15, 0.2) is 0 Å². The van der Waals surface area contributed by atoms with Gasteiger partial charge < -0.3 is 14.4 Å². The zero-order chi connectivity index (χ0) is 19.3. The van der Waals surface area contributed by atoms with Crippen LogP contribution in [0.4, 0.5) is 0 Å².